The number of benzene rings is 2. The third kappa shape index (κ3) is 9.57. The number of carbonyl (C=O) groups is 2. The number of rotatable bonds is 14. The molecule has 38 heavy (non-hydrogen) atoms. The van der Waals surface area contributed by atoms with E-state index < -0.39 is 0 Å². The van der Waals surface area contributed by atoms with Crippen LogP contribution < -0.4 is 10.6 Å². The molecular formula is C30H42Cl2N4O2. The summed E-state index contributed by atoms with van der Waals surface area (Å²) in [5.74, 6) is 0.183. The standard InChI is InChI=1S/C30H42Cl2N4O2/c1-3-23(24-11-6-4-7-12-24)22-35(2)30(38)28(13-10-20-36-18-8-5-9-19-36)33-16-17-34-29(37)25-14-15-26(31)27(32)21-25/h4,6-7,11-12,14-15,21,23,28,33H,3,5,8-10,13,16-20,22H2,1-2H3,(H,34,37)/t23-,28+/m1/s1. The molecule has 1 saturated heterocycles. The number of halogens is 2. The lowest BCUT2D eigenvalue weighted by molar-refractivity contribution is -0.132. The number of hydrogen-bond acceptors (Lipinski definition) is 4. The van der Waals surface area contributed by atoms with Crippen molar-refractivity contribution < 1.29 is 9.59 Å². The van der Waals surface area contributed by atoms with Crippen LogP contribution in [-0.4, -0.2) is 74.0 Å². The predicted molar refractivity (Wildman–Crippen MR) is 157 cm³/mol. The molecule has 2 aromatic carbocycles. The van der Waals surface area contributed by atoms with Crippen LogP contribution in [0.3, 0.4) is 0 Å². The minimum absolute atomic E-state index is 0.105. The first-order valence-electron chi connectivity index (χ1n) is 13.9. The molecule has 8 heteroatoms. The minimum Gasteiger partial charge on any atom is -0.351 e. The molecule has 0 aliphatic carbocycles. The van der Waals surface area contributed by atoms with Gasteiger partial charge < -0.3 is 20.4 Å². The molecule has 208 valence electrons. The second-order valence-corrected chi connectivity index (χ2v) is 11.0. The fourth-order valence-corrected chi connectivity index (χ4v) is 5.36. The summed E-state index contributed by atoms with van der Waals surface area (Å²) in [4.78, 5) is 30.4. The Bertz CT molecular complexity index is 1010. The molecule has 2 N–H and O–H groups in total. The first-order chi connectivity index (χ1) is 18.4. The Labute approximate surface area is 238 Å². The fraction of sp³-hybridized carbons (Fsp3) is 0.533. The largest absolute Gasteiger partial charge is 0.351 e. The number of nitrogens with zero attached hydrogens (tertiary/aromatic N) is 2. The van der Waals surface area contributed by atoms with Crippen LogP contribution in [0.4, 0.5) is 0 Å². The number of likely N-dealkylation sites (N-methyl/N-ethyl adjacent to an activating group) is 1. The Morgan fingerprint density at radius 1 is 1.00 bits per heavy atom. The van der Waals surface area contributed by atoms with E-state index >= 15 is 0 Å². The first kappa shape index (κ1) is 30.4. The minimum atomic E-state index is -0.292. The third-order valence-electron chi connectivity index (χ3n) is 7.33. The van der Waals surface area contributed by atoms with Gasteiger partial charge >= 0.3 is 0 Å². The van der Waals surface area contributed by atoms with Crippen molar-refractivity contribution in [2.75, 3.05) is 46.3 Å². The number of amides is 2. The van der Waals surface area contributed by atoms with Crippen LogP contribution >= 0.6 is 23.2 Å². The smallest absolute Gasteiger partial charge is 0.251 e. The van der Waals surface area contributed by atoms with Gasteiger partial charge in [-0.25, -0.2) is 0 Å². The van der Waals surface area contributed by atoms with E-state index in [0.717, 1.165) is 38.9 Å². The number of carbonyl (C=O) groups excluding carboxylic acids is 2. The molecular weight excluding hydrogens is 519 g/mol. The zero-order valence-electron chi connectivity index (χ0n) is 22.7. The molecule has 1 heterocycles. The van der Waals surface area contributed by atoms with Crippen molar-refractivity contribution in [3.63, 3.8) is 0 Å². The van der Waals surface area contributed by atoms with Crippen molar-refractivity contribution in [2.45, 2.75) is 57.4 Å². The van der Waals surface area contributed by atoms with Gasteiger partial charge in [0.2, 0.25) is 5.91 Å². The molecule has 1 aliphatic heterocycles. The Morgan fingerprint density at radius 3 is 2.42 bits per heavy atom. The zero-order chi connectivity index (χ0) is 27.3. The maximum atomic E-state index is 13.6. The number of likely N-dealkylation sites (tertiary alicyclic amines) is 1. The van der Waals surface area contributed by atoms with Gasteiger partial charge in [-0.1, -0.05) is 66.9 Å². The zero-order valence-corrected chi connectivity index (χ0v) is 24.2. The highest BCUT2D eigenvalue weighted by Crippen LogP contribution is 2.23. The van der Waals surface area contributed by atoms with Gasteiger partial charge in [-0.3, -0.25) is 9.59 Å². The van der Waals surface area contributed by atoms with E-state index in [1.807, 2.05) is 18.0 Å². The van der Waals surface area contributed by atoms with Gasteiger partial charge in [0.15, 0.2) is 0 Å². The maximum Gasteiger partial charge on any atom is 0.251 e. The maximum absolute atomic E-state index is 13.6. The van der Waals surface area contributed by atoms with E-state index in [-0.39, 0.29) is 17.9 Å². The second-order valence-electron chi connectivity index (χ2n) is 10.2. The second kappa shape index (κ2) is 16.1. The highest BCUT2D eigenvalue weighted by molar-refractivity contribution is 6.42. The lowest BCUT2D eigenvalue weighted by Crippen LogP contribution is -2.48. The molecule has 0 unspecified atom stereocenters. The molecule has 0 saturated carbocycles. The van der Waals surface area contributed by atoms with Crippen molar-refractivity contribution in [3.8, 4) is 0 Å². The van der Waals surface area contributed by atoms with Gasteiger partial charge in [-0.2, -0.15) is 0 Å². The van der Waals surface area contributed by atoms with Gasteiger partial charge in [0.1, 0.15) is 0 Å². The fourth-order valence-electron chi connectivity index (χ4n) is 5.06. The van der Waals surface area contributed by atoms with Crippen molar-refractivity contribution in [1.29, 1.82) is 0 Å². The van der Waals surface area contributed by atoms with Crippen molar-refractivity contribution in [3.05, 3.63) is 69.7 Å². The molecule has 1 aliphatic rings. The number of piperidine rings is 1. The third-order valence-corrected chi connectivity index (χ3v) is 8.07. The summed E-state index contributed by atoms with van der Waals surface area (Å²) < 4.78 is 0. The van der Waals surface area contributed by atoms with Gasteiger partial charge in [0, 0.05) is 38.2 Å². The van der Waals surface area contributed by atoms with Gasteiger partial charge in [-0.05, 0) is 75.5 Å². The highest BCUT2D eigenvalue weighted by Gasteiger charge is 2.24. The molecule has 2 aromatic rings. The Morgan fingerprint density at radius 2 is 1.74 bits per heavy atom. The summed E-state index contributed by atoms with van der Waals surface area (Å²) in [7, 11) is 1.90. The monoisotopic (exact) mass is 560 g/mol. The van der Waals surface area contributed by atoms with Crippen LogP contribution in [0.2, 0.25) is 10.0 Å². The van der Waals surface area contributed by atoms with E-state index in [9.17, 15) is 9.59 Å². The first-order valence-corrected chi connectivity index (χ1v) is 14.6. The summed E-state index contributed by atoms with van der Waals surface area (Å²) in [6, 6.07) is 14.9. The van der Waals surface area contributed by atoms with Crippen LogP contribution in [0.1, 0.15) is 67.3 Å². The molecule has 0 aromatic heterocycles. The summed E-state index contributed by atoms with van der Waals surface area (Å²) in [5.41, 5.74) is 1.72. The van der Waals surface area contributed by atoms with Crippen molar-refractivity contribution in [2.24, 2.45) is 0 Å². The highest BCUT2D eigenvalue weighted by atomic mass is 35.5. The normalized spacial score (nSPS) is 15.6. The van der Waals surface area contributed by atoms with Crippen LogP contribution in [-0.2, 0) is 4.79 Å². The van der Waals surface area contributed by atoms with E-state index in [0.29, 0.717) is 41.2 Å². The van der Waals surface area contributed by atoms with Gasteiger partial charge in [0.05, 0.1) is 16.1 Å². The topological polar surface area (TPSA) is 64.7 Å². The van der Waals surface area contributed by atoms with Crippen LogP contribution in [0.25, 0.3) is 0 Å². The summed E-state index contributed by atoms with van der Waals surface area (Å²) in [6.45, 7) is 7.07. The summed E-state index contributed by atoms with van der Waals surface area (Å²) in [5, 5.41) is 7.09. The molecule has 3 rings (SSSR count). The Kier molecular flexibility index (Phi) is 12.9. The van der Waals surface area contributed by atoms with Crippen molar-refractivity contribution in [1.82, 2.24) is 20.4 Å². The van der Waals surface area contributed by atoms with Gasteiger partial charge in [0.25, 0.3) is 5.91 Å². The molecule has 0 radical (unpaired) electrons. The number of hydrogen-bond donors (Lipinski definition) is 2. The van der Waals surface area contributed by atoms with Crippen LogP contribution in [0, 0.1) is 0 Å². The van der Waals surface area contributed by atoms with Crippen LogP contribution in [0.5, 0.6) is 0 Å². The van der Waals surface area contributed by atoms with E-state index in [1.54, 1.807) is 18.2 Å². The summed E-state index contributed by atoms with van der Waals surface area (Å²) >= 11 is 12.0. The molecule has 0 spiro atoms. The quantitative estimate of drug-likeness (QED) is 0.295. The Hall–Kier alpha value is -2.12. The molecule has 6 nitrogen and oxygen atoms in total. The lowest BCUT2D eigenvalue weighted by Gasteiger charge is -2.30. The molecule has 2 amide bonds. The Balaban J connectivity index is 1.55. The van der Waals surface area contributed by atoms with E-state index in [2.05, 4.69) is 46.7 Å². The average Bonchev–Trinajstić information content (AvgIpc) is 2.94. The van der Waals surface area contributed by atoms with Crippen LogP contribution in [0.15, 0.2) is 48.5 Å². The SMILES string of the molecule is CC[C@H](CN(C)C(=O)[C@H](CCCN1CCCCC1)NCCNC(=O)c1ccc(Cl)c(Cl)c1)c1ccccc1. The van der Waals surface area contributed by atoms with E-state index in [1.165, 1.54) is 24.8 Å². The number of nitrogens with one attached hydrogen (secondary N) is 2. The lowest BCUT2D eigenvalue weighted by atomic mass is 9.95. The van der Waals surface area contributed by atoms with Crippen molar-refractivity contribution >= 4 is 35.0 Å². The summed E-state index contributed by atoms with van der Waals surface area (Å²) in [6.07, 6.45) is 6.54. The molecule has 1 fully saturated rings. The molecule has 0 bridgehead atoms. The van der Waals surface area contributed by atoms with E-state index in [4.69, 9.17) is 23.2 Å². The molecule has 2 atom stereocenters. The predicted octanol–water partition coefficient (Wildman–Crippen LogP) is 5.60. The van der Waals surface area contributed by atoms with Gasteiger partial charge in [-0.15, -0.1) is 0 Å². The average molecular weight is 562 g/mol.